The van der Waals surface area contributed by atoms with E-state index in [9.17, 15) is 9.18 Å². The van der Waals surface area contributed by atoms with Crippen LogP contribution in [0.3, 0.4) is 0 Å². The SMILES string of the molecule is CCOC(=O)Cc1ccnc(OC)c1F. The zero-order valence-electron chi connectivity index (χ0n) is 8.62. The lowest BCUT2D eigenvalue weighted by molar-refractivity contribution is -0.142. The van der Waals surface area contributed by atoms with Gasteiger partial charge in [-0.2, -0.15) is 0 Å². The van der Waals surface area contributed by atoms with Gasteiger partial charge in [0.2, 0.25) is 5.88 Å². The number of hydrogen-bond acceptors (Lipinski definition) is 4. The van der Waals surface area contributed by atoms with Gasteiger partial charge in [-0.1, -0.05) is 0 Å². The molecule has 15 heavy (non-hydrogen) atoms. The first kappa shape index (κ1) is 11.4. The van der Waals surface area contributed by atoms with Crippen LogP contribution in [0.25, 0.3) is 0 Å². The molecule has 0 atom stereocenters. The summed E-state index contributed by atoms with van der Waals surface area (Å²) in [5.41, 5.74) is 0.223. The molecule has 0 radical (unpaired) electrons. The summed E-state index contributed by atoms with van der Waals surface area (Å²) >= 11 is 0. The number of halogens is 1. The normalized spacial score (nSPS) is 9.80. The van der Waals surface area contributed by atoms with Gasteiger partial charge in [0.1, 0.15) is 0 Å². The van der Waals surface area contributed by atoms with Gasteiger partial charge < -0.3 is 9.47 Å². The average Bonchev–Trinajstić information content (AvgIpc) is 2.21. The summed E-state index contributed by atoms with van der Waals surface area (Å²) in [5, 5.41) is 0. The number of nitrogens with zero attached hydrogens (tertiary/aromatic N) is 1. The molecule has 0 saturated carbocycles. The molecule has 0 amide bonds. The van der Waals surface area contributed by atoms with Crippen LogP contribution in [0.1, 0.15) is 12.5 Å². The molecule has 0 fully saturated rings. The van der Waals surface area contributed by atoms with Crippen molar-refractivity contribution in [3.05, 3.63) is 23.6 Å². The lowest BCUT2D eigenvalue weighted by Gasteiger charge is -2.05. The van der Waals surface area contributed by atoms with Crippen LogP contribution in [0, 0.1) is 5.82 Å². The standard InChI is InChI=1S/C10H12FNO3/c1-3-15-8(13)6-7-4-5-12-10(14-2)9(7)11/h4-5H,3,6H2,1-2H3. The maximum absolute atomic E-state index is 13.5. The highest BCUT2D eigenvalue weighted by Gasteiger charge is 2.13. The van der Waals surface area contributed by atoms with Crippen molar-refractivity contribution in [3.8, 4) is 5.88 Å². The molecule has 0 saturated heterocycles. The highest BCUT2D eigenvalue weighted by Crippen LogP contribution is 2.17. The van der Waals surface area contributed by atoms with Crippen LogP contribution in [-0.2, 0) is 16.0 Å². The second kappa shape index (κ2) is 5.29. The number of esters is 1. The maximum Gasteiger partial charge on any atom is 0.310 e. The van der Waals surface area contributed by atoms with Crippen LogP contribution in [0.4, 0.5) is 4.39 Å². The summed E-state index contributed by atoms with van der Waals surface area (Å²) in [5.74, 6) is -1.20. The second-order valence-corrected chi connectivity index (χ2v) is 2.78. The molecule has 0 spiro atoms. The molecule has 1 aromatic heterocycles. The lowest BCUT2D eigenvalue weighted by atomic mass is 10.2. The van der Waals surface area contributed by atoms with E-state index in [0.717, 1.165) is 0 Å². The lowest BCUT2D eigenvalue weighted by Crippen LogP contribution is -2.09. The summed E-state index contributed by atoms with van der Waals surface area (Å²) in [6, 6.07) is 1.43. The molecule has 0 aliphatic rings. The summed E-state index contributed by atoms with van der Waals surface area (Å²) < 4.78 is 22.9. The molecular weight excluding hydrogens is 201 g/mol. The van der Waals surface area contributed by atoms with Crippen molar-refractivity contribution in [2.24, 2.45) is 0 Å². The van der Waals surface area contributed by atoms with Crippen molar-refractivity contribution in [2.75, 3.05) is 13.7 Å². The molecule has 0 aromatic carbocycles. The molecule has 0 aliphatic heterocycles. The molecule has 1 heterocycles. The van der Waals surface area contributed by atoms with Gasteiger partial charge in [0.15, 0.2) is 5.82 Å². The third-order valence-electron chi connectivity index (χ3n) is 1.77. The Balaban J connectivity index is 2.81. The fourth-order valence-corrected chi connectivity index (χ4v) is 1.11. The first-order valence-corrected chi connectivity index (χ1v) is 4.52. The quantitative estimate of drug-likeness (QED) is 0.708. The van der Waals surface area contributed by atoms with Crippen molar-refractivity contribution in [3.63, 3.8) is 0 Å². The fraction of sp³-hybridized carbons (Fsp3) is 0.400. The zero-order chi connectivity index (χ0) is 11.3. The molecule has 0 bridgehead atoms. The van der Waals surface area contributed by atoms with Gasteiger partial charge in [-0.3, -0.25) is 4.79 Å². The summed E-state index contributed by atoms with van der Waals surface area (Å²) in [4.78, 5) is 14.8. The van der Waals surface area contributed by atoms with Crippen LogP contribution >= 0.6 is 0 Å². The minimum Gasteiger partial charge on any atom is -0.479 e. The van der Waals surface area contributed by atoms with E-state index in [1.54, 1.807) is 6.92 Å². The van der Waals surface area contributed by atoms with Crippen LogP contribution < -0.4 is 4.74 Å². The van der Waals surface area contributed by atoms with E-state index in [-0.39, 0.29) is 24.5 Å². The van der Waals surface area contributed by atoms with Crippen LogP contribution in [-0.4, -0.2) is 24.7 Å². The molecule has 0 unspecified atom stereocenters. The molecule has 5 heteroatoms. The van der Waals surface area contributed by atoms with Gasteiger partial charge in [0.05, 0.1) is 20.1 Å². The Labute approximate surface area is 87.0 Å². The Hall–Kier alpha value is -1.65. The molecule has 0 N–H and O–H groups in total. The topological polar surface area (TPSA) is 48.4 Å². The number of rotatable bonds is 4. The summed E-state index contributed by atoms with van der Waals surface area (Å²) in [6.07, 6.45) is 1.27. The predicted octanol–water partition coefficient (Wildman–Crippen LogP) is 1.33. The van der Waals surface area contributed by atoms with Gasteiger partial charge in [-0.25, -0.2) is 9.37 Å². The Kier molecular flexibility index (Phi) is 4.03. The monoisotopic (exact) mass is 213 g/mol. The molecular formula is C10H12FNO3. The Morgan fingerprint density at radius 2 is 2.33 bits per heavy atom. The molecule has 0 aliphatic carbocycles. The summed E-state index contributed by atoms with van der Waals surface area (Å²) in [6.45, 7) is 1.98. The Bertz CT molecular complexity index is 355. The van der Waals surface area contributed by atoms with E-state index in [4.69, 9.17) is 4.74 Å². The predicted molar refractivity (Wildman–Crippen MR) is 51.1 cm³/mol. The smallest absolute Gasteiger partial charge is 0.310 e. The van der Waals surface area contributed by atoms with Gasteiger partial charge >= 0.3 is 5.97 Å². The van der Waals surface area contributed by atoms with Crippen molar-refractivity contribution in [2.45, 2.75) is 13.3 Å². The third kappa shape index (κ3) is 2.90. The summed E-state index contributed by atoms with van der Waals surface area (Å²) in [7, 11) is 1.32. The highest BCUT2D eigenvalue weighted by atomic mass is 19.1. The van der Waals surface area contributed by atoms with Gasteiger partial charge in [-0.05, 0) is 13.0 Å². The Morgan fingerprint density at radius 1 is 1.60 bits per heavy atom. The molecule has 82 valence electrons. The van der Waals surface area contributed by atoms with Crippen LogP contribution in [0.15, 0.2) is 12.3 Å². The van der Waals surface area contributed by atoms with E-state index >= 15 is 0 Å². The van der Waals surface area contributed by atoms with E-state index in [2.05, 4.69) is 9.72 Å². The van der Waals surface area contributed by atoms with Crippen molar-refractivity contribution in [1.82, 2.24) is 4.98 Å². The molecule has 1 rings (SSSR count). The van der Waals surface area contributed by atoms with Crippen molar-refractivity contribution < 1.29 is 18.7 Å². The van der Waals surface area contributed by atoms with Crippen LogP contribution in [0.5, 0.6) is 5.88 Å². The fourth-order valence-electron chi connectivity index (χ4n) is 1.11. The number of carbonyl (C=O) groups is 1. The van der Waals surface area contributed by atoms with E-state index < -0.39 is 11.8 Å². The van der Waals surface area contributed by atoms with Crippen LogP contribution in [0.2, 0.25) is 0 Å². The number of carbonyl (C=O) groups excluding carboxylic acids is 1. The van der Waals surface area contributed by atoms with E-state index in [1.807, 2.05) is 0 Å². The number of pyridine rings is 1. The molecule has 4 nitrogen and oxygen atoms in total. The van der Waals surface area contributed by atoms with E-state index in [0.29, 0.717) is 0 Å². The minimum atomic E-state index is -0.618. The first-order valence-electron chi connectivity index (χ1n) is 4.52. The van der Waals surface area contributed by atoms with Gasteiger partial charge in [-0.15, -0.1) is 0 Å². The second-order valence-electron chi connectivity index (χ2n) is 2.78. The largest absolute Gasteiger partial charge is 0.479 e. The number of ether oxygens (including phenoxy) is 2. The highest BCUT2D eigenvalue weighted by molar-refractivity contribution is 5.72. The van der Waals surface area contributed by atoms with Gasteiger partial charge in [0, 0.05) is 11.8 Å². The first-order chi connectivity index (χ1) is 7.19. The van der Waals surface area contributed by atoms with Crippen molar-refractivity contribution in [1.29, 1.82) is 0 Å². The van der Waals surface area contributed by atoms with Crippen molar-refractivity contribution >= 4 is 5.97 Å². The average molecular weight is 213 g/mol. The Morgan fingerprint density at radius 3 is 2.93 bits per heavy atom. The molecule has 1 aromatic rings. The third-order valence-corrected chi connectivity index (χ3v) is 1.77. The van der Waals surface area contributed by atoms with E-state index in [1.165, 1.54) is 19.4 Å². The maximum atomic E-state index is 13.5. The van der Waals surface area contributed by atoms with Gasteiger partial charge in [0.25, 0.3) is 0 Å². The minimum absolute atomic E-state index is 0.113. The number of hydrogen-bond donors (Lipinski definition) is 0. The zero-order valence-corrected chi connectivity index (χ0v) is 8.62. The number of methoxy groups -OCH3 is 1. The number of aromatic nitrogens is 1.